The van der Waals surface area contributed by atoms with Crippen LogP contribution in [0.25, 0.3) is 0 Å². The van der Waals surface area contributed by atoms with E-state index in [1.807, 2.05) is 0 Å². The molecular formula is C17H28IN3S. The summed E-state index contributed by atoms with van der Waals surface area (Å²) in [7, 11) is 0. The minimum Gasteiger partial charge on any atom is -0.357 e. The number of aliphatic imine (C=N–C) groups is 1. The summed E-state index contributed by atoms with van der Waals surface area (Å²) in [4.78, 5) is 7.38. The van der Waals surface area contributed by atoms with Gasteiger partial charge >= 0.3 is 0 Å². The number of thiophene rings is 1. The molecular weight excluding hydrogens is 405 g/mol. The zero-order valence-corrected chi connectivity index (χ0v) is 16.6. The fourth-order valence-electron chi connectivity index (χ4n) is 3.73. The predicted molar refractivity (Wildman–Crippen MR) is 106 cm³/mol. The number of likely N-dealkylation sites (tertiary alicyclic amines) is 1. The van der Waals surface area contributed by atoms with Crippen LogP contribution in [-0.2, 0) is 6.42 Å². The van der Waals surface area contributed by atoms with Crippen molar-refractivity contribution in [2.24, 2.45) is 16.8 Å². The van der Waals surface area contributed by atoms with Crippen LogP contribution in [-0.4, -0.2) is 37.0 Å². The number of nitrogens with one attached hydrogen (secondary N) is 1. The van der Waals surface area contributed by atoms with Crippen molar-refractivity contribution in [2.45, 2.75) is 39.0 Å². The molecule has 124 valence electrons. The Kier molecular flexibility index (Phi) is 7.47. The van der Waals surface area contributed by atoms with E-state index < -0.39 is 0 Å². The smallest absolute Gasteiger partial charge is 0.193 e. The molecule has 3 nitrogen and oxygen atoms in total. The van der Waals surface area contributed by atoms with Gasteiger partial charge in [0.15, 0.2) is 5.96 Å². The molecule has 1 aromatic rings. The molecule has 1 aromatic heterocycles. The van der Waals surface area contributed by atoms with E-state index in [9.17, 15) is 0 Å². The molecule has 0 radical (unpaired) electrons. The Bertz CT molecular complexity index is 446. The number of hydrogen-bond acceptors (Lipinski definition) is 2. The molecule has 1 aliphatic carbocycles. The van der Waals surface area contributed by atoms with E-state index in [-0.39, 0.29) is 24.0 Å². The molecule has 3 rings (SSSR count). The minimum absolute atomic E-state index is 0. The van der Waals surface area contributed by atoms with Crippen LogP contribution in [0.15, 0.2) is 21.8 Å². The lowest BCUT2D eigenvalue weighted by atomic mass is 9.82. The van der Waals surface area contributed by atoms with Gasteiger partial charge in [0.1, 0.15) is 0 Å². The first-order valence-electron chi connectivity index (χ1n) is 8.41. The van der Waals surface area contributed by atoms with Gasteiger partial charge in [0.25, 0.3) is 0 Å². The van der Waals surface area contributed by atoms with Gasteiger partial charge in [-0.25, -0.2) is 0 Å². The molecule has 2 aliphatic rings. The Morgan fingerprint density at radius 2 is 2.05 bits per heavy atom. The molecule has 0 aromatic carbocycles. The topological polar surface area (TPSA) is 27.6 Å². The van der Waals surface area contributed by atoms with Crippen molar-refractivity contribution in [2.75, 3.05) is 26.2 Å². The van der Waals surface area contributed by atoms with Crippen molar-refractivity contribution in [1.82, 2.24) is 10.2 Å². The molecule has 2 atom stereocenters. The molecule has 1 saturated heterocycles. The summed E-state index contributed by atoms with van der Waals surface area (Å²) in [5.41, 5.74) is 1.41. The quantitative estimate of drug-likeness (QED) is 0.442. The Morgan fingerprint density at radius 3 is 2.64 bits per heavy atom. The average molecular weight is 433 g/mol. The molecule has 0 bridgehead atoms. The molecule has 5 heteroatoms. The standard InChI is InChI=1S/C17H27N3S.HI/c1-2-18-17(19-9-7-14-8-10-21-13-14)20-11-15-5-3-4-6-16(15)12-20;/h8,10,13,15-16H,2-7,9,11-12H2,1H3,(H,18,19);1H. The summed E-state index contributed by atoms with van der Waals surface area (Å²) in [6.45, 7) is 6.45. The highest BCUT2D eigenvalue weighted by atomic mass is 127. The van der Waals surface area contributed by atoms with Gasteiger partial charge < -0.3 is 10.2 Å². The summed E-state index contributed by atoms with van der Waals surface area (Å²) >= 11 is 1.77. The van der Waals surface area contributed by atoms with Crippen LogP contribution in [0.3, 0.4) is 0 Å². The molecule has 1 N–H and O–H groups in total. The first kappa shape index (κ1) is 18.0. The Balaban J connectivity index is 0.00000176. The molecule has 2 unspecified atom stereocenters. The van der Waals surface area contributed by atoms with Crippen LogP contribution in [0.1, 0.15) is 38.2 Å². The van der Waals surface area contributed by atoms with Gasteiger partial charge in [-0.15, -0.1) is 24.0 Å². The van der Waals surface area contributed by atoms with Gasteiger partial charge in [-0.3, -0.25) is 4.99 Å². The molecule has 1 aliphatic heterocycles. The minimum atomic E-state index is 0. The lowest BCUT2D eigenvalue weighted by molar-refractivity contribution is 0.299. The second kappa shape index (κ2) is 9.11. The van der Waals surface area contributed by atoms with E-state index in [0.717, 1.165) is 37.3 Å². The van der Waals surface area contributed by atoms with Crippen molar-refractivity contribution < 1.29 is 0 Å². The third-order valence-corrected chi connectivity index (χ3v) is 5.58. The van der Waals surface area contributed by atoms with E-state index in [2.05, 4.69) is 34.0 Å². The van der Waals surface area contributed by atoms with Crippen molar-refractivity contribution in [3.8, 4) is 0 Å². The number of nitrogens with zero attached hydrogens (tertiary/aromatic N) is 2. The number of rotatable bonds is 4. The van der Waals surface area contributed by atoms with Crippen LogP contribution in [0.4, 0.5) is 0 Å². The van der Waals surface area contributed by atoms with Crippen molar-refractivity contribution >= 4 is 41.3 Å². The maximum absolute atomic E-state index is 4.86. The summed E-state index contributed by atoms with van der Waals surface area (Å²) < 4.78 is 0. The van der Waals surface area contributed by atoms with E-state index in [1.54, 1.807) is 11.3 Å². The highest BCUT2D eigenvalue weighted by Crippen LogP contribution is 2.35. The largest absolute Gasteiger partial charge is 0.357 e. The van der Waals surface area contributed by atoms with Gasteiger partial charge in [0.05, 0.1) is 0 Å². The molecule has 0 amide bonds. The fourth-order valence-corrected chi connectivity index (χ4v) is 4.43. The highest BCUT2D eigenvalue weighted by molar-refractivity contribution is 14.0. The molecule has 2 heterocycles. The maximum atomic E-state index is 4.86. The van der Waals surface area contributed by atoms with E-state index >= 15 is 0 Å². The third-order valence-electron chi connectivity index (χ3n) is 4.85. The summed E-state index contributed by atoms with van der Waals surface area (Å²) in [6.07, 6.45) is 6.77. The number of fused-ring (bicyclic) bond motifs is 1. The molecule has 2 fully saturated rings. The monoisotopic (exact) mass is 433 g/mol. The maximum Gasteiger partial charge on any atom is 0.193 e. The van der Waals surface area contributed by atoms with Gasteiger partial charge in [-0.1, -0.05) is 12.8 Å². The van der Waals surface area contributed by atoms with Crippen LogP contribution in [0.5, 0.6) is 0 Å². The summed E-state index contributed by atoms with van der Waals surface area (Å²) in [5.74, 6) is 2.97. The summed E-state index contributed by atoms with van der Waals surface area (Å²) in [6, 6.07) is 2.21. The van der Waals surface area contributed by atoms with Crippen LogP contribution < -0.4 is 5.32 Å². The normalized spacial score (nSPS) is 24.8. The van der Waals surface area contributed by atoms with Crippen molar-refractivity contribution in [3.05, 3.63) is 22.4 Å². The number of guanidine groups is 1. The van der Waals surface area contributed by atoms with Gasteiger partial charge in [-0.2, -0.15) is 11.3 Å². The zero-order chi connectivity index (χ0) is 14.5. The van der Waals surface area contributed by atoms with Crippen molar-refractivity contribution in [1.29, 1.82) is 0 Å². The Hall–Kier alpha value is -0.300. The first-order valence-corrected chi connectivity index (χ1v) is 9.35. The predicted octanol–water partition coefficient (Wildman–Crippen LogP) is 4.00. The Morgan fingerprint density at radius 1 is 1.32 bits per heavy atom. The molecule has 1 saturated carbocycles. The first-order chi connectivity index (χ1) is 10.4. The second-order valence-electron chi connectivity index (χ2n) is 6.33. The lowest BCUT2D eigenvalue weighted by Gasteiger charge is -2.22. The van der Waals surface area contributed by atoms with Gasteiger partial charge in [0, 0.05) is 26.2 Å². The van der Waals surface area contributed by atoms with Crippen molar-refractivity contribution in [3.63, 3.8) is 0 Å². The third kappa shape index (κ3) is 4.60. The Labute approximate surface area is 155 Å². The zero-order valence-electron chi connectivity index (χ0n) is 13.5. The molecule has 22 heavy (non-hydrogen) atoms. The van der Waals surface area contributed by atoms with Crippen LogP contribution >= 0.6 is 35.3 Å². The van der Waals surface area contributed by atoms with E-state index in [1.165, 1.54) is 44.3 Å². The van der Waals surface area contributed by atoms with Crippen LogP contribution in [0, 0.1) is 11.8 Å². The second-order valence-corrected chi connectivity index (χ2v) is 7.11. The van der Waals surface area contributed by atoms with E-state index in [0.29, 0.717) is 0 Å². The number of hydrogen-bond donors (Lipinski definition) is 1. The number of halogens is 1. The van der Waals surface area contributed by atoms with Gasteiger partial charge in [-0.05, 0) is 60.4 Å². The average Bonchev–Trinajstić information content (AvgIpc) is 3.15. The summed E-state index contributed by atoms with van der Waals surface area (Å²) in [5, 5.41) is 7.87. The lowest BCUT2D eigenvalue weighted by Crippen LogP contribution is -2.40. The molecule has 0 spiro atoms. The fraction of sp³-hybridized carbons (Fsp3) is 0.706. The SMILES string of the molecule is CCNC(=NCCc1ccsc1)N1CC2CCCCC2C1.I. The highest BCUT2D eigenvalue weighted by Gasteiger charge is 2.35. The van der Waals surface area contributed by atoms with Gasteiger partial charge in [0.2, 0.25) is 0 Å². The van der Waals surface area contributed by atoms with Crippen LogP contribution in [0.2, 0.25) is 0 Å². The van der Waals surface area contributed by atoms with E-state index in [4.69, 9.17) is 4.99 Å².